The fourth-order valence-corrected chi connectivity index (χ4v) is 2.02. The molecule has 0 bridgehead atoms. The lowest BCUT2D eigenvalue weighted by Gasteiger charge is -2.10. The summed E-state index contributed by atoms with van der Waals surface area (Å²) in [6, 6.07) is 7.81. The molecular weight excluding hydrogens is 308 g/mol. The zero-order valence-electron chi connectivity index (χ0n) is 9.18. The van der Waals surface area contributed by atoms with Crippen molar-refractivity contribution in [1.29, 1.82) is 0 Å². The molecule has 0 saturated heterocycles. The molecule has 1 aromatic carbocycles. The molecular formula is C10H13BrN2O3S. The Morgan fingerprint density at radius 2 is 1.94 bits per heavy atom. The molecule has 5 nitrogen and oxygen atoms in total. The third kappa shape index (κ3) is 4.10. The molecule has 2 N–H and O–H groups in total. The molecule has 7 heteroatoms. The Balaban J connectivity index is 2.67. The Bertz CT molecular complexity index is 476. The zero-order valence-corrected chi connectivity index (χ0v) is 11.6. The maximum Gasteiger partial charge on any atom is 0.257 e. The molecule has 1 rings (SSSR count). The largest absolute Gasteiger partial charge is 0.277 e. The molecule has 1 unspecified atom stereocenters. The number of nitrogens with one attached hydrogen (secondary N) is 2. The quantitative estimate of drug-likeness (QED) is 0.631. The Hall–Kier alpha value is -0.920. The van der Waals surface area contributed by atoms with Gasteiger partial charge in [-0.1, -0.05) is 41.1 Å². The highest BCUT2D eigenvalue weighted by atomic mass is 79.9. The highest BCUT2D eigenvalue weighted by Gasteiger charge is 2.17. The van der Waals surface area contributed by atoms with Crippen LogP contribution in [-0.2, 0) is 14.8 Å². The van der Waals surface area contributed by atoms with Crippen molar-refractivity contribution < 1.29 is 13.2 Å². The molecule has 0 aliphatic heterocycles. The van der Waals surface area contributed by atoms with E-state index in [1.165, 1.54) is 12.1 Å². The number of carbonyl (C=O) groups excluding carboxylic acids is 1. The van der Waals surface area contributed by atoms with Crippen molar-refractivity contribution in [2.24, 2.45) is 0 Å². The Morgan fingerprint density at radius 1 is 1.35 bits per heavy atom. The summed E-state index contributed by atoms with van der Waals surface area (Å²) < 4.78 is 23.4. The summed E-state index contributed by atoms with van der Waals surface area (Å²) in [6.07, 6.45) is 0.568. The van der Waals surface area contributed by atoms with Crippen molar-refractivity contribution in [3.05, 3.63) is 30.3 Å². The summed E-state index contributed by atoms with van der Waals surface area (Å²) >= 11 is 3.12. The van der Waals surface area contributed by atoms with Crippen LogP contribution in [0.25, 0.3) is 0 Å². The summed E-state index contributed by atoms with van der Waals surface area (Å²) in [5, 5.41) is 0. The van der Waals surface area contributed by atoms with E-state index < -0.39 is 20.8 Å². The SMILES string of the molecule is CCC(Br)C(=O)NNS(=O)(=O)c1ccccc1. The molecule has 0 radical (unpaired) electrons. The molecule has 0 fully saturated rings. The van der Waals surface area contributed by atoms with E-state index in [-0.39, 0.29) is 4.90 Å². The average Bonchev–Trinajstić information content (AvgIpc) is 2.36. The maximum absolute atomic E-state index is 11.7. The lowest BCUT2D eigenvalue weighted by Crippen LogP contribution is -2.44. The van der Waals surface area contributed by atoms with E-state index in [0.717, 1.165) is 0 Å². The number of rotatable bonds is 5. The maximum atomic E-state index is 11.7. The van der Waals surface area contributed by atoms with Crippen molar-refractivity contribution in [3.8, 4) is 0 Å². The summed E-state index contributed by atoms with van der Waals surface area (Å²) in [6.45, 7) is 1.81. The predicted molar refractivity (Wildman–Crippen MR) is 67.9 cm³/mol. The van der Waals surface area contributed by atoms with Gasteiger partial charge in [-0.2, -0.15) is 0 Å². The minimum absolute atomic E-state index is 0.0999. The van der Waals surface area contributed by atoms with E-state index >= 15 is 0 Å². The number of sulfonamides is 1. The lowest BCUT2D eigenvalue weighted by molar-refractivity contribution is -0.120. The molecule has 0 heterocycles. The van der Waals surface area contributed by atoms with E-state index in [9.17, 15) is 13.2 Å². The highest BCUT2D eigenvalue weighted by Crippen LogP contribution is 2.07. The van der Waals surface area contributed by atoms with Crippen LogP contribution in [0.3, 0.4) is 0 Å². The van der Waals surface area contributed by atoms with Gasteiger partial charge < -0.3 is 0 Å². The van der Waals surface area contributed by atoms with E-state index in [0.29, 0.717) is 6.42 Å². The number of carbonyl (C=O) groups is 1. The van der Waals surface area contributed by atoms with Gasteiger partial charge in [-0.3, -0.25) is 10.2 Å². The first-order valence-electron chi connectivity index (χ1n) is 4.98. The smallest absolute Gasteiger partial charge is 0.257 e. The number of hydrazine groups is 1. The number of amides is 1. The lowest BCUT2D eigenvalue weighted by atomic mass is 10.3. The van der Waals surface area contributed by atoms with E-state index in [1.807, 2.05) is 11.8 Å². The van der Waals surface area contributed by atoms with E-state index in [1.54, 1.807) is 18.2 Å². The van der Waals surface area contributed by atoms with Crippen LogP contribution in [-0.4, -0.2) is 19.2 Å². The second kappa shape index (κ2) is 6.13. The van der Waals surface area contributed by atoms with Crippen LogP contribution >= 0.6 is 15.9 Å². The van der Waals surface area contributed by atoms with Gasteiger partial charge in [0.2, 0.25) is 5.91 Å². The van der Waals surface area contributed by atoms with Crippen LogP contribution < -0.4 is 10.3 Å². The molecule has 1 atom stereocenters. The monoisotopic (exact) mass is 320 g/mol. The fraction of sp³-hybridized carbons (Fsp3) is 0.300. The standard InChI is InChI=1S/C10H13BrN2O3S/c1-2-9(11)10(14)12-13-17(15,16)8-6-4-3-5-7-8/h3-7,9,13H,2H2,1H3,(H,12,14). The normalized spacial score (nSPS) is 13.1. The second-order valence-electron chi connectivity index (χ2n) is 3.28. The van der Waals surface area contributed by atoms with Crippen molar-refractivity contribution in [2.45, 2.75) is 23.1 Å². The van der Waals surface area contributed by atoms with Gasteiger partial charge in [-0.05, 0) is 18.6 Å². The number of alkyl halides is 1. The van der Waals surface area contributed by atoms with Gasteiger partial charge in [0, 0.05) is 0 Å². The van der Waals surface area contributed by atoms with E-state index in [4.69, 9.17) is 0 Å². The molecule has 0 aliphatic carbocycles. The molecule has 0 spiro atoms. The molecule has 1 aromatic rings. The Labute approximate surface area is 109 Å². The molecule has 0 aliphatic rings. The molecule has 1 amide bonds. The fourth-order valence-electron chi connectivity index (χ4n) is 1.04. The summed E-state index contributed by atoms with van der Waals surface area (Å²) in [5.41, 5.74) is 2.15. The van der Waals surface area contributed by atoms with Gasteiger partial charge >= 0.3 is 0 Å². The van der Waals surface area contributed by atoms with Gasteiger partial charge in [-0.25, -0.2) is 8.42 Å². The minimum Gasteiger partial charge on any atom is -0.277 e. The number of hydrogen-bond acceptors (Lipinski definition) is 3. The van der Waals surface area contributed by atoms with Crippen molar-refractivity contribution >= 4 is 31.9 Å². The first-order chi connectivity index (χ1) is 7.97. The minimum atomic E-state index is -3.70. The van der Waals surface area contributed by atoms with Crippen LogP contribution in [0, 0.1) is 0 Å². The van der Waals surface area contributed by atoms with Crippen LogP contribution in [0.4, 0.5) is 0 Å². The third-order valence-electron chi connectivity index (χ3n) is 2.01. The summed E-state index contributed by atoms with van der Waals surface area (Å²) in [4.78, 5) is 13.1. The first-order valence-corrected chi connectivity index (χ1v) is 7.38. The van der Waals surface area contributed by atoms with Crippen LogP contribution in [0.15, 0.2) is 35.2 Å². The van der Waals surface area contributed by atoms with Crippen molar-refractivity contribution in [2.75, 3.05) is 0 Å². The second-order valence-corrected chi connectivity index (χ2v) is 6.07. The van der Waals surface area contributed by atoms with Gasteiger partial charge in [0.25, 0.3) is 10.0 Å². The third-order valence-corrected chi connectivity index (χ3v) is 4.33. The number of benzene rings is 1. The van der Waals surface area contributed by atoms with Gasteiger partial charge in [-0.15, -0.1) is 4.83 Å². The van der Waals surface area contributed by atoms with Gasteiger partial charge in [0.1, 0.15) is 0 Å². The number of hydrogen-bond donors (Lipinski definition) is 2. The summed E-state index contributed by atoms with van der Waals surface area (Å²) in [5.74, 6) is -0.424. The van der Waals surface area contributed by atoms with Gasteiger partial charge in [0.15, 0.2) is 0 Å². The van der Waals surface area contributed by atoms with Crippen molar-refractivity contribution in [1.82, 2.24) is 10.3 Å². The number of halogens is 1. The van der Waals surface area contributed by atoms with Gasteiger partial charge in [0.05, 0.1) is 9.72 Å². The molecule has 94 valence electrons. The average molecular weight is 321 g/mol. The molecule has 0 aromatic heterocycles. The van der Waals surface area contributed by atoms with E-state index in [2.05, 4.69) is 21.4 Å². The van der Waals surface area contributed by atoms with Crippen molar-refractivity contribution in [3.63, 3.8) is 0 Å². The van der Waals surface area contributed by atoms with Crippen LogP contribution in [0.5, 0.6) is 0 Å². The highest BCUT2D eigenvalue weighted by molar-refractivity contribution is 9.10. The Morgan fingerprint density at radius 3 is 2.47 bits per heavy atom. The topological polar surface area (TPSA) is 75.3 Å². The first kappa shape index (κ1) is 14.1. The summed E-state index contributed by atoms with van der Waals surface area (Å²) in [7, 11) is -3.70. The molecule has 0 saturated carbocycles. The van der Waals surface area contributed by atoms with Crippen LogP contribution in [0.1, 0.15) is 13.3 Å². The van der Waals surface area contributed by atoms with Crippen LogP contribution in [0.2, 0.25) is 0 Å². The zero-order chi connectivity index (χ0) is 12.9. The predicted octanol–water partition coefficient (Wildman–Crippen LogP) is 1.17. The Kier molecular flexibility index (Phi) is 5.10. The molecule has 17 heavy (non-hydrogen) atoms.